The van der Waals surface area contributed by atoms with E-state index in [-0.39, 0.29) is 4.32 Å². The second-order valence-corrected chi connectivity index (χ2v) is 8.94. The Morgan fingerprint density at radius 2 is 2.00 bits per heavy atom. The fraction of sp³-hybridized carbons (Fsp3) is 0.167. The summed E-state index contributed by atoms with van der Waals surface area (Å²) in [6.45, 7) is 3.90. The molecule has 0 saturated carbocycles. The average molecular weight is 479 g/mol. The summed E-state index contributed by atoms with van der Waals surface area (Å²) in [7, 11) is 0. The van der Waals surface area contributed by atoms with E-state index in [0.717, 1.165) is 39.2 Å². The van der Waals surface area contributed by atoms with Gasteiger partial charge in [-0.15, -0.1) is 0 Å². The van der Waals surface area contributed by atoms with Crippen LogP contribution in [0.5, 0.6) is 5.75 Å². The molecule has 2 heterocycles. The number of ether oxygens (including phenoxy) is 1. The van der Waals surface area contributed by atoms with Crippen molar-refractivity contribution < 1.29 is 19.4 Å². The maximum absolute atomic E-state index is 12.8. The molecule has 4 rings (SSSR count). The summed E-state index contributed by atoms with van der Waals surface area (Å²) < 4.78 is 7.58. The monoisotopic (exact) mass is 478 g/mol. The molecule has 9 heteroatoms. The summed E-state index contributed by atoms with van der Waals surface area (Å²) in [6.07, 6.45) is 3.53. The summed E-state index contributed by atoms with van der Waals surface area (Å²) in [5, 5.41) is 15.8. The van der Waals surface area contributed by atoms with Crippen LogP contribution >= 0.6 is 24.0 Å². The highest BCUT2D eigenvalue weighted by atomic mass is 32.2. The van der Waals surface area contributed by atoms with E-state index >= 15 is 0 Å². The van der Waals surface area contributed by atoms with Crippen LogP contribution in [0.15, 0.2) is 59.6 Å². The number of benzene rings is 2. The molecule has 0 unspecified atom stereocenters. The predicted molar refractivity (Wildman–Crippen MR) is 130 cm³/mol. The summed E-state index contributed by atoms with van der Waals surface area (Å²) in [6, 6.07) is 15.4. The number of carbonyl (C=O) groups excluding carboxylic acids is 2. The number of aryl methyl sites for hydroxylation is 1. The number of thioether (sulfide) groups is 1. The number of carbonyl (C=O) groups is 2. The standard InChI is InChI=1S/C24H21N3O4S2/c1-3-31-19-10-9-16(11-15(19)2)22-17(13-27(25-22)18-7-5-4-6-8-18)12-20-23(30)26(14-21(28)29)24(32)33-20/h4-13H,3,14H2,1-2H3,(H,28,29)/p-1/b20-12-. The van der Waals surface area contributed by atoms with Gasteiger partial charge in [-0.2, -0.15) is 5.10 Å². The number of nitrogens with zero attached hydrogens (tertiary/aromatic N) is 3. The minimum absolute atomic E-state index is 0.185. The molecule has 3 aromatic rings. The molecule has 33 heavy (non-hydrogen) atoms. The number of amides is 1. The van der Waals surface area contributed by atoms with E-state index in [1.807, 2.05) is 68.6 Å². The minimum Gasteiger partial charge on any atom is -0.548 e. The molecular formula is C24H20N3O4S2-. The van der Waals surface area contributed by atoms with E-state index in [1.54, 1.807) is 10.8 Å². The minimum atomic E-state index is -1.37. The summed E-state index contributed by atoms with van der Waals surface area (Å²) in [5.41, 5.74) is 4.08. The van der Waals surface area contributed by atoms with Crippen molar-refractivity contribution in [2.45, 2.75) is 13.8 Å². The topological polar surface area (TPSA) is 87.5 Å². The molecule has 1 aliphatic heterocycles. The van der Waals surface area contributed by atoms with Gasteiger partial charge in [-0.3, -0.25) is 9.69 Å². The van der Waals surface area contributed by atoms with Crippen molar-refractivity contribution in [2.24, 2.45) is 0 Å². The van der Waals surface area contributed by atoms with Crippen molar-refractivity contribution in [3.05, 3.63) is 70.8 Å². The van der Waals surface area contributed by atoms with Crippen molar-refractivity contribution in [3.8, 4) is 22.7 Å². The number of aliphatic carboxylic acids is 1. The highest BCUT2D eigenvalue weighted by molar-refractivity contribution is 8.26. The predicted octanol–water partition coefficient (Wildman–Crippen LogP) is 3.20. The first-order valence-corrected chi connectivity index (χ1v) is 11.4. The smallest absolute Gasteiger partial charge is 0.266 e. The Balaban J connectivity index is 1.79. The molecular weight excluding hydrogens is 458 g/mol. The highest BCUT2D eigenvalue weighted by Gasteiger charge is 2.32. The second kappa shape index (κ2) is 9.60. The summed E-state index contributed by atoms with van der Waals surface area (Å²) in [5.74, 6) is -1.03. The molecule has 0 spiro atoms. The third-order valence-corrected chi connectivity index (χ3v) is 6.34. The van der Waals surface area contributed by atoms with Gasteiger partial charge in [-0.1, -0.05) is 42.2 Å². The van der Waals surface area contributed by atoms with Gasteiger partial charge in [0.05, 0.1) is 29.7 Å². The van der Waals surface area contributed by atoms with Crippen LogP contribution in [0.3, 0.4) is 0 Å². The van der Waals surface area contributed by atoms with Gasteiger partial charge in [0.15, 0.2) is 0 Å². The molecule has 1 fully saturated rings. The van der Waals surface area contributed by atoms with Crippen LogP contribution in [0, 0.1) is 6.92 Å². The van der Waals surface area contributed by atoms with Gasteiger partial charge in [-0.05, 0) is 55.8 Å². The lowest BCUT2D eigenvalue weighted by molar-refractivity contribution is -0.305. The van der Waals surface area contributed by atoms with Gasteiger partial charge in [0.1, 0.15) is 15.8 Å². The Labute approximate surface area is 200 Å². The molecule has 1 aromatic heterocycles. The lowest BCUT2D eigenvalue weighted by Gasteiger charge is -2.14. The zero-order valence-electron chi connectivity index (χ0n) is 18.0. The second-order valence-electron chi connectivity index (χ2n) is 7.27. The maximum atomic E-state index is 12.8. The molecule has 0 aliphatic carbocycles. The molecule has 1 aliphatic rings. The molecule has 0 N–H and O–H groups in total. The summed E-state index contributed by atoms with van der Waals surface area (Å²) >= 11 is 6.26. The number of carboxylic acid groups (broad SMARTS) is 1. The number of aromatic nitrogens is 2. The van der Waals surface area contributed by atoms with Gasteiger partial charge in [-0.25, -0.2) is 4.68 Å². The number of carboxylic acids is 1. The highest BCUT2D eigenvalue weighted by Crippen LogP contribution is 2.35. The molecule has 0 radical (unpaired) electrons. The fourth-order valence-corrected chi connectivity index (χ4v) is 4.70. The molecule has 0 bridgehead atoms. The van der Waals surface area contributed by atoms with Gasteiger partial charge >= 0.3 is 0 Å². The quantitative estimate of drug-likeness (QED) is 0.381. The molecule has 0 atom stereocenters. The number of para-hydroxylation sites is 1. The van der Waals surface area contributed by atoms with Crippen molar-refractivity contribution >= 4 is 46.3 Å². The number of hydrogen-bond donors (Lipinski definition) is 0. The molecule has 2 aromatic carbocycles. The third-order valence-electron chi connectivity index (χ3n) is 4.96. The number of thiocarbonyl (C=S) groups is 1. The van der Waals surface area contributed by atoms with Gasteiger partial charge < -0.3 is 14.6 Å². The Kier molecular flexibility index (Phi) is 6.62. The largest absolute Gasteiger partial charge is 0.548 e. The van der Waals surface area contributed by atoms with Crippen LogP contribution in [0.1, 0.15) is 18.1 Å². The van der Waals surface area contributed by atoms with Crippen LogP contribution in [-0.2, 0) is 9.59 Å². The lowest BCUT2D eigenvalue weighted by atomic mass is 10.0. The van der Waals surface area contributed by atoms with E-state index < -0.39 is 18.4 Å². The Morgan fingerprint density at radius 1 is 1.24 bits per heavy atom. The molecule has 7 nitrogen and oxygen atoms in total. The Hall–Kier alpha value is -3.43. The van der Waals surface area contributed by atoms with Crippen LogP contribution in [0.4, 0.5) is 0 Å². The van der Waals surface area contributed by atoms with Crippen molar-refractivity contribution in [2.75, 3.05) is 13.2 Å². The van der Waals surface area contributed by atoms with Crippen LogP contribution in [0.25, 0.3) is 23.0 Å². The molecule has 1 saturated heterocycles. The van der Waals surface area contributed by atoms with Crippen LogP contribution < -0.4 is 9.84 Å². The maximum Gasteiger partial charge on any atom is 0.266 e. The van der Waals surface area contributed by atoms with E-state index in [1.165, 1.54) is 0 Å². The third kappa shape index (κ3) is 4.84. The van der Waals surface area contributed by atoms with Gasteiger partial charge in [0.25, 0.3) is 5.91 Å². The van der Waals surface area contributed by atoms with Crippen LogP contribution in [-0.4, -0.2) is 44.0 Å². The molecule has 1 amide bonds. The average Bonchev–Trinajstić information content (AvgIpc) is 3.32. The SMILES string of the molecule is CCOc1ccc(-c2nn(-c3ccccc3)cc2/C=C2\SC(=S)N(CC(=O)[O-])C2=O)cc1C. The molecule has 168 valence electrons. The van der Waals surface area contributed by atoms with Crippen molar-refractivity contribution in [1.29, 1.82) is 0 Å². The number of hydrogen-bond acceptors (Lipinski definition) is 7. The van der Waals surface area contributed by atoms with E-state index in [0.29, 0.717) is 22.8 Å². The lowest BCUT2D eigenvalue weighted by Crippen LogP contribution is -2.40. The van der Waals surface area contributed by atoms with Crippen LogP contribution in [0.2, 0.25) is 0 Å². The van der Waals surface area contributed by atoms with Crippen molar-refractivity contribution in [3.63, 3.8) is 0 Å². The van der Waals surface area contributed by atoms with E-state index in [2.05, 4.69) is 0 Å². The van der Waals surface area contributed by atoms with Crippen molar-refractivity contribution in [1.82, 2.24) is 14.7 Å². The fourth-order valence-electron chi connectivity index (χ4n) is 3.45. The summed E-state index contributed by atoms with van der Waals surface area (Å²) in [4.78, 5) is 25.1. The van der Waals surface area contributed by atoms with E-state index in [9.17, 15) is 14.7 Å². The first kappa shape index (κ1) is 22.8. The Bertz CT molecular complexity index is 1270. The zero-order chi connectivity index (χ0) is 23.5. The Morgan fingerprint density at radius 3 is 2.67 bits per heavy atom. The first-order valence-electron chi connectivity index (χ1n) is 10.2. The van der Waals surface area contributed by atoms with Gasteiger partial charge in [0, 0.05) is 17.3 Å². The van der Waals surface area contributed by atoms with Gasteiger partial charge in [0.2, 0.25) is 0 Å². The normalized spacial score (nSPS) is 14.8. The number of rotatable bonds is 7. The zero-order valence-corrected chi connectivity index (χ0v) is 19.6. The first-order chi connectivity index (χ1) is 15.9. The van der Waals surface area contributed by atoms with E-state index in [4.69, 9.17) is 22.1 Å².